The van der Waals surface area contributed by atoms with Gasteiger partial charge in [-0.25, -0.2) is 4.39 Å². The monoisotopic (exact) mass is 366 g/mol. The smallest absolute Gasteiger partial charge is 0.252 e. The summed E-state index contributed by atoms with van der Waals surface area (Å²) in [7, 11) is 0. The lowest BCUT2D eigenvalue weighted by Crippen LogP contribution is -2.17. The van der Waals surface area contributed by atoms with Crippen LogP contribution >= 0.6 is 0 Å². The van der Waals surface area contributed by atoms with E-state index in [1.807, 2.05) is 25.1 Å². The van der Waals surface area contributed by atoms with Crippen molar-refractivity contribution in [2.75, 3.05) is 18.5 Å². The molecule has 2 N–H and O–H groups in total. The molecule has 0 radical (unpaired) electrons. The molecule has 3 aromatic rings. The van der Waals surface area contributed by atoms with E-state index in [-0.39, 0.29) is 11.4 Å². The average Bonchev–Trinajstić information content (AvgIpc) is 2.68. The zero-order chi connectivity index (χ0) is 18.8. The third-order valence-corrected chi connectivity index (χ3v) is 4.52. The Morgan fingerprint density at radius 3 is 2.48 bits per heavy atom. The number of ether oxygens (including phenoxy) is 2. The van der Waals surface area contributed by atoms with Crippen molar-refractivity contribution < 1.29 is 13.9 Å². The summed E-state index contributed by atoms with van der Waals surface area (Å²) in [4.78, 5) is 14.9. The van der Waals surface area contributed by atoms with E-state index in [1.54, 1.807) is 18.3 Å². The predicted molar refractivity (Wildman–Crippen MR) is 102 cm³/mol. The van der Waals surface area contributed by atoms with Gasteiger partial charge in [0, 0.05) is 30.1 Å². The molecular weight excluding hydrogens is 347 g/mol. The van der Waals surface area contributed by atoms with Gasteiger partial charge < -0.3 is 19.8 Å². The lowest BCUT2D eigenvalue weighted by Gasteiger charge is -2.20. The highest BCUT2D eigenvalue weighted by Crippen LogP contribution is 2.35. The Bertz CT molecular complexity index is 1030. The zero-order valence-electron chi connectivity index (χ0n) is 14.8. The van der Waals surface area contributed by atoms with Crippen molar-refractivity contribution in [3.05, 3.63) is 76.0 Å². The standard InChI is InChI=1S/C21H19FN2O3/c1-13-8-19-20(27-7-6-26-19)10-18(13)23-12-16-9-15(11-24-21(16)25)14-2-4-17(22)5-3-14/h2-5,8-11,23H,6-7,12H2,1H3,(H,24,25). The van der Waals surface area contributed by atoms with Gasteiger partial charge in [-0.3, -0.25) is 4.79 Å². The van der Waals surface area contributed by atoms with Crippen LogP contribution in [0.3, 0.4) is 0 Å². The third-order valence-electron chi connectivity index (χ3n) is 4.52. The Labute approximate surface area is 155 Å². The van der Waals surface area contributed by atoms with Gasteiger partial charge in [0.05, 0.1) is 0 Å². The van der Waals surface area contributed by atoms with Crippen molar-refractivity contribution in [2.45, 2.75) is 13.5 Å². The molecule has 138 valence electrons. The van der Waals surface area contributed by atoms with Crippen molar-refractivity contribution >= 4 is 5.69 Å². The van der Waals surface area contributed by atoms with E-state index in [9.17, 15) is 9.18 Å². The maximum atomic E-state index is 13.1. The molecule has 5 nitrogen and oxygen atoms in total. The van der Waals surface area contributed by atoms with Crippen LogP contribution in [-0.4, -0.2) is 18.2 Å². The molecule has 0 spiro atoms. The maximum Gasteiger partial charge on any atom is 0.252 e. The lowest BCUT2D eigenvalue weighted by atomic mass is 10.1. The van der Waals surface area contributed by atoms with Gasteiger partial charge in [0.25, 0.3) is 5.56 Å². The molecule has 0 saturated heterocycles. The number of hydrogen-bond donors (Lipinski definition) is 2. The van der Waals surface area contributed by atoms with Crippen LogP contribution in [0, 0.1) is 12.7 Å². The predicted octanol–water partition coefficient (Wildman–Crippen LogP) is 3.87. The molecular formula is C21H19FN2O3. The third kappa shape index (κ3) is 3.65. The van der Waals surface area contributed by atoms with Gasteiger partial charge in [0.2, 0.25) is 0 Å². The molecule has 0 aliphatic carbocycles. The Morgan fingerprint density at radius 2 is 1.74 bits per heavy atom. The SMILES string of the molecule is Cc1cc2c(cc1NCc1cc(-c3ccc(F)cc3)c[nH]c1=O)OCCO2. The van der Waals surface area contributed by atoms with E-state index in [2.05, 4.69) is 10.3 Å². The van der Waals surface area contributed by atoms with Crippen molar-refractivity contribution in [2.24, 2.45) is 0 Å². The number of benzene rings is 2. The van der Waals surface area contributed by atoms with Crippen LogP contribution in [-0.2, 0) is 6.54 Å². The van der Waals surface area contributed by atoms with E-state index in [1.165, 1.54) is 12.1 Å². The number of anilines is 1. The molecule has 6 heteroatoms. The average molecular weight is 366 g/mol. The molecule has 2 aromatic carbocycles. The molecule has 0 bridgehead atoms. The Kier molecular flexibility index (Phi) is 4.54. The van der Waals surface area contributed by atoms with Gasteiger partial charge in [-0.05, 0) is 47.9 Å². The number of rotatable bonds is 4. The lowest BCUT2D eigenvalue weighted by molar-refractivity contribution is 0.171. The number of halogens is 1. The molecule has 4 rings (SSSR count). The minimum Gasteiger partial charge on any atom is -0.486 e. The first kappa shape index (κ1) is 17.1. The van der Waals surface area contributed by atoms with Crippen LogP contribution in [0.4, 0.5) is 10.1 Å². The van der Waals surface area contributed by atoms with Crippen LogP contribution < -0.4 is 20.3 Å². The van der Waals surface area contributed by atoms with Crippen LogP contribution in [0.5, 0.6) is 11.5 Å². The minimum atomic E-state index is -0.292. The summed E-state index contributed by atoms with van der Waals surface area (Å²) in [6, 6.07) is 11.8. The molecule has 0 fully saturated rings. The van der Waals surface area contributed by atoms with Gasteiger partial charge in [-0.1, -0.05) is 12.1 Å². The molecule has 1 aliphatic heterocycles. The van der Waals surface area contributed by atoms with Gasteiger partial charge in [0.1, 0.15) is 19.0 Å². The van der Waals surface area contributed by atoms with Gasteiger partial charge in [-0.15, -0.1) is 0 Å². The molecule has 0 saturated carbocycles. The molecule has 1 aliphatic rings. The number of aromatic amines is 1. The van der Waals surface area contributed by atoms with E-state index >= 15 is 0 Å². The van der Waals surface area contributed by atoms with Crippen molar-refractivity contribution in [1.82, 2.24) is 4.98 Å². The van der Waals surface area contributed by atoms with Crippen LogP contribution in [0.1, 0.15) is 11.1 Å². The number of fused-ring (bicyclic) bond motifs is 1. The van der Waals surface area contributed by atoms with Crippen molar-refractivity contribution in [1.29, 1.82) is 0 Å². The van der Waals surface area contributed by atoms with Crippen LogP contribution in [0.15, 0.2) is 53.5 Å². The molecule has 0 atom stereocenters. The van der Waals surface area contributed by atoms with E-state index in [0.29, 0.717) is 31.1 Å². The molecule has 2 heterocycles. The first-order valence-corrected chi connectivity index (χ1v) is 8.72. The van der Waals surface area contributed by atoms with E-state index in [0.717, 1.165) is 28.1 Å². The highest BCUT2D eigenvalue weighted by Gasteiger charge is 2.14. The normalized spacial score (nSPS) is 12.7. The number of aromatic nitrogens is 1. The molecule has 0 unspecified atom stereocenters. The summed E-state index contributed by atoms with van der Waals surface area (Å²) < 4.78 is 24.3. The second-order valence-electron chi connectivity index (χ2n) is 6.41. The summed E-state index contributed by atoms with van der Waals surface area (Å²) >= 11 is 0. The van der Waals surface area contributed by atoms with Crippen molar-refractivity contribution in [3.8, 4) is 22.6 Å². The first-order valence-electron chi connectivity index (χ1n) is 8.72. The maximum absolute atomic E-state index is 13.1. The Morgan fingerprint density at radius 1 is 1.04 bits per heavy atom. The quantitative estimate of drug-likeness (QED) is 0.736. The number of hydrogen-bond acceptors (Lipinski definition) is 4. The summed E-state index contributed by atoms with van der Waals surface area (Å²) in [5, 5.41) is 3.29. The minimum absolute atomic E-state index is 0.163. The first-order chi connectivity index (χ1) is 13.1. The van der Waals surface area contributed by atoms with Gasteiger partial charge >= 0.3 is 0 Å². The largest absolute Gasteiger partial charge is 0.486 e. The van der Waals surface area contributed by atoms with Gasteiger partial charge in [0.15, 0.2) is 11.5 Å². The highest BCUT2D eigenvalue weighted by atomic mass is 19.1. The van der Waals surface area contributed by atoms with Crippen LogP contribution in [0.25, 0.3) is 11.1 Å². The fourth-order valence-electron chi connectivity index (χ4n) is 3.04. The highest BCUT2D eigenvalue weighted by molar-refractivity contribution is 5.64. The fourth-order valence-corrected chi connectivity index (χ4v) is 3.04. The zero-order valence-corrected chi connectivity index (χ0v) is 14.8. The van der Waals surface area contributed by atoms with Crippen molar-refractivity contribution in [3.63, 3.8) is 0 Å². The van der Waals surface area contributed by atoms with Gasteiger partial charge in [-0.2, -0.15) is 0 Å². The van der Waals surface area contributed by atoms with Crippen LogP contribution in [0.2, 0.25) is 0 Å². The second kappa shape index (κ2) is 7.15. The fraction of sp³-hybridized carbons (Fsp3) is 0.190. The summed E-state index contributed by atoms with van der Waals surface area (Å²) in [5.74, 6) is 1.14. The van der Waals surface area contributed by atoms with E-state index < -0.39 is 0 Å². The Balaban J connectivity index is 1.57. The number of H-pyrrole nitrogens is 1. The number of aryl methyl sites for hydroxylation is 1. The topological polar surface area (TPSA) is 63.4 Å². The summed E-state index contributed by atoms with van der Waals surface area (Å²) in [5.41, 5.74) is 3.97. The summed E-state index contributed by atoms with van der Waals surface area (Å²) in [6.07, 6.45) is 1.63. The molecule has 0 amide bonds. The summed E-state index contributed by atoms with van der Waals surface area (Å²) in [6.45, 7) is 3.39. The Hall–Kier alpha value is -3.28. The van der Waals surface area contributed by atoms with E-state index in [4.69, 9.17) is 9.47 Å². The molecule has 1 aromatic heterocycles. The second-order valence-corrected chi connectivity index (χ2v) is 6.41. The number of pyridine rings is 1. The number of nitrogens with one attached hydrogen (secondary N) is 2. The molecule has 27 heavy (non-hydrogen) atoms.